The van der Waals surface area contributed by atoms with Gasteiger partial charge in [0.15, 0.2) is 18.2 Å². The van der Waals surface area contributed by atoms with E-state index >= 15 is 0 Å². The highest BCUT2D eigenvalue weighted by Crippen LogP contribution is 2.32. The summed E-state index contributed by atoms with van der Waals surface area (Å²) < 4.78 is 32.8. The van der Waals surface area contributed by atoms with Crippen molar-refractivity contribution in [1.29, 1.82) is 0 Å². The summed E-state index contributed by atoms with van der Waals surface area (Å²) in [5.41, 5.74) is 1.73. The molecule has 1 fully saturated rings. The lowest BCUT2D eigenvalue weighted by Gasteiger charge is -2.18. The normalized spacial score (nSPS) is 18.6. The van der Waals surface area contributed by atoms with Crippen LogP contribution in [0.4, 0.5) is 20.8 Å². The van der Waals surface area contributed by atoms with Gasteiger partial charge in [-0.25, -0.2) is 28.8 Å². The Hall–Kier alpha value is -4.86. The topological polar surface area (TPSA) is 183 Å². The van der Waals surface area contributed by atoms with Crippen LogP contribution in [-0.4, -0.2) is 87.3 Å². The van der Waals surface area contributed by atoms with Crippen molar-refractivity contribution in [3.63, 3.8) is 0 Å². The van der Waals surface area contributed by atoms with E-state index in [2.05, 4.69) is 30.7 Å². The number of carbonyl (C=O) groups is 3. The standard InChI is InChI=1S/C25H27FN8O5.CH2O2/c26-20-8-18(37-4-3-33-14-28-13-30-33)7-16-5-15(6-19(16)20)9-27-2-1-17-11-34(25(36)39-17)21-10-29-24-23(31-21)32-22(35)12-38-24;2-1-3/h7-8,10,13-15,17,27H,1-6,9,11-12H2,(H,31,32,35);1H,(H,2,3). The zero-order chi connectivity index (χ0) is 29.5. The van der Waals surface area contributed by atoms with Crippen molar-refractivity contribution in [3.05, 3.63) is 47.9 Å². The highest BCUT2D eigenvalue weighted by atomic mass is 19.1. The highest BCUT2D eigenvalue weighted by Gasteiger charge is 2.34. The fraction of sp³-hybridized carbons (Fsp3) is 0.423. The van der Waals surface area contributed by atoms with Crippen LogP contribution < -0.4 is 25.0 Å². The van der Waals surface area contributed by atoms with E-state index in [1.54, 1.807) is 11.0 Å². The number of ether oxygens (including phenoxy) is 3. The second-order valence-electron chi connectivity index (χ2n) is 9.76. The molecule has 3 aliphatic rings. The van der Waals surface area contributed by atoms with E-state index in [1.165, 1.54) is 23.5 Å². The summed E-state index contributed by atoms with van der Waals surface area (Å²) in [6.45, 7) is 2.22. The SMILES string of the molecule is O=C1COc2ncc(N3CC(CCNCC4Cc5cc(OCCn6cncn6)cc(F)c5C4)OC3=O)nc2N1.O=CO. The molecule has 3 N–H and O–H groups in total. The third kappa shape index (κ3) is 6.88. The first-order valence-corrected chi connectivity index (χ1v) is 13.3. The van der Waals surface area contributed by atoms with Crippen LogP contribution in [0.1, 0.15) is 17.5 Å². The van der Waals surface area contributed by atoms with Gasteiger partial charge in [0.1, 0.15) is 36.9 Å². The van der Waals surface area contributed by atoms with Crippen molar-refractivity contribution in [1.82, 2.24) is 30.0 Å². The van der Waals surface area contributed by atoms with Gasteiger partial charge >= 0.3 is 6.09 Å². The molecular weight excluding hydrogens is 555 g/mol. The number of fused-ring (bicyclic) bond motifs is 2. The van der Waals surface area contributed by atoms with E-state index in [0.29, 0.717) is 44.8 Å². The van der Waals surface area contributed by atoms with Crippen molar-refractivity contribution < 1.29 is 38.1 Å². The Bertz CT molecular complexity index is 1420. The van der Waals surface area contributed by atoms with Gasteiger partial charge in [-0.05, 0) is 55.5 Å². The van der Waals surface area contributed by atoms with Crippen molar-refractivity contribution in [3.8, 4) is 11.6 Å². The van der Waals surface area contributed by atoms with Crippen LogP contribution in [0.15, 0.2) is 31.0 Å². The second kappa shape index (κ2) is 13.2. The molecule has 3 aromatic rings. The zero-order valence-electron chi connectivity index (χ0n) is 22.4. The minimum Gasteiger partial charge on any atom is -0.492 e. The van der Waals surface area contributed by atoms with Crippen LogP contribution in [0.3, 0.4) is 0 Å². The number of benzene rings is 1. The predicted molar refractivity (Wildman–Crippen MR) is 143 cm³/mol. The summed E-state index contributed by atoms with van der Waals surface area (Å²) in [5, 5.41) is 16.9. The molecule has 1 aliphatic carbocycles. The van der Waals surface area contributed by atoms with Gasteiger partial charge in [-0.2, -0.15) is 5.10 Å². The zero-order valence-corrected chi connectivity index (χ0v) is 22.4. The molecule has 0 radical (unpaired) electrons. The van der Waals surface area contributed by atoms with Crippen molar-refractivity contribution in [2.75, 3.05) is 43.1 Å². The van der Waals surface area contributed by atoms with Crippen LogP contribution in [0.2, 0.25) is 0 Å². The average Bonchev–Trinajstić information content (AvgIpc) is 3.72. The molecule has 2 aliphatic heterocycles. The van der Waals surface area contributed by atoms with Crippen LogP contribution in [-0.2, 0) is 33.7 Å². The third-order valence-corrected chi connectivity index (χ3v) is 6.87. The molecule has 0 bridgehead atoms. The molecule has 222 valence electrons. The van der Waals surface area contributed by atoms with Gasteiger partial charge in [0.25, 0.3) is 18.3 Å². The molecule has 2 aromatic heterocycles. The number of carbonyl (C=O) groups excluding carboxylic acids is 2. The van der Waals surface area contributed by atoms with E-state index in [9.17, 15) is 14.0 Å². The molecule has 1 saturated heterocycles. The molecule has 42 heavy (non-hydrogen) atoms. The lowest BCUT2D eigenvalue weighted by molar-refractivity contribution is -0.123. The Morgan fingerprint density at radius 2 is 2.14 bits per heavy atom. The lowest BCUT2D eigenvalue weighted by atomic mass is 10.1. The summed E-state index contributed by atoms with van der Waals surface area (Å²) in [6, 6.07) is 3.37. The Labute approximate surface area is 239 Å². The quantitative estimate of drug-likeness (QED) is 0.228. The fourth-order valence-electron chi connectivity index (χ4n) is 5.00. The van der Waals surface area contributed by atoms with E-state index in [-0.39, 0.29) is 54.3 Å². The first kappa shape index (κ1) is 28.7. The van der Waals surface area contributed by atoms with E-state index in [1.807, 2.05) is 6.07 Å². The van der Waals surface area contributed by atoms with Crippen molar-refractivity contribution in [2.24, 2.45) is 5.92 Å². The Morgan fingerprint density at radius 3 is 2.95 bits per heavy atom. The Balaban J connectivity index is 0.00000113. The maximum atomic E-state index is 14.7. The number of hydrogen-bond acceptors (Lipinski definition) is 11. The molecule has 2 unspecified atom stereocenters. The number of nitrogens with zero attached hydrogens (tertiary/aromatic N) is 6. The largest absolute Gasteiger partial charge is 0.492 e. The molecular formula is C26H29FN8O7. The first-order valence-electron chi connectivity index (χ1n) is 13.3. The van der Waals surface area contributed by atoms with E-state index in [4.69, 9.17) is 24.1 Å². The minimum atomic E-state index is -0.515. The van der Waals surface area contributed by atoms with Crippen LogP contribution in [0, 0.1) is 11.7 Å². The maximum absolute atomic E-state index is 14.7. The molecule has 2 amide bonds. The number of halogens is 1. The van der Waals surface area contributed by atoms with Crippen LogP contribution in [0.25, 0.3) is 0 Å². The number of hydrogen-bond donors (Lipinski definition) is 3. The van der Waals surface area contributed by atoms with Gasteiger partial charge in [0.05, 0.1) is 19.3 Å². The van der Waals surface area contributed by atoms with Gasteiger partial charge < -0.3 is 30.0 Å². The first-order chi connectivity index (χ1) is 20.4. The third-order valence-electron chi connectivity index (χ3n) is 6.87. The smallest absolute Gasteiger partial charge is 0.415 e. The second-order valence-corrected chi connectivity index (χ2v) is 9.76. The predicted octanol–water partition coefficient (Wildman–Crippen LogP) is 1.04. The number of amides is 2. The van der Waals surface area contributed by atoms with E-state index in [0.717, 1.165) is 24.1 Å². The van der Waals surface area contributed by atoms with Gasteiger partial charge in [-0.15, -0.1) is 0 Å². The van der Waals surface area contributed by atoms with Crippen molar-refractivity contribution in [2.45, 2.75) is 31.9 Å². The average molecular weight is 585 g/mol. The number of carboxylic acid groups (broad SMARTS) is 1. The van der Waals surface area contributed by atoms with Crippen LogP contribution in [0.5, 0.6) is 11.6 Å². The summed E-state index contributed by atoms with van der Waals surface area (Å²) >= 11 is 0. The van der Waals surface area contributed by atoms with E-state index < -0.39 is 6.09 Å². The lowest BCUT2D eigenvalue weighted by Crippen LogP contribution is -2.30. The molecule has 0 spiro atoms. The molecule has 4 heterocycles. The van der Waals surface area contributed by atoms with Crippen molar-refractivity contribution >= 4 is 30.1 Å². The number of rotatable bonds is 10. The maximum Gasteiger partial charge on any atom is 0.415 e. The molecule has 0 saturated carbocycles. The molecule has 6 rings (SSSR count). The number of aromatic nitrogens is 5. The number of nitrogens with one attached hydrogen (secondary N) is 2. The Kier molecular flexibility index (Phi) is 9.01. The minimum absolute atomic E-state index is 0.120. The number of cyclic esters (lactones) is 1. The van der Waals surface area contributed by atoms with Gasteiger partial charge in [-0.1, -0.05) is 0 Å². The monoisotopic (exact) mass is 584 g/mol. The molecule has 15 nitrogen and oxygen atoms in total. The van der Waals surface area contributed by atoms with Crippen LogP contribution >= 0.6 is 0 Å². The summed E-state index contributed by atoms with van der Waals surface area (Å²) in [4.78, 5) is 46.0. The van der Waals surface area contributed by atoms with Gasteiger partial charge in [0.2, 0.25) is 0 Å². The molecule has 2 atom stereocenters. The Morgan fingerprint density at radius 1 is 1.29 bits per heavy atom. The summed E-state index contributed by atoms with van der Waals surface area (Å²) in [5.74, 6) is 0.904. The molecule has 1 aromatic carbocycles. The summed E-state index contributed by atoms with van der Waals surface area (Å²) in [6.07, 6.45) is 5.70. The number of anilines is 2. The van der Waals surface area contributed by atoms with Gasteiger partial charge in [0, 0.05) is 6.07 Å². The fourth-order valence-corrected chi connectivity index (χ4v) is 5.00. The summed E-state index contributed by atoms with van der Waals surface area (Å²) in [7, 11) is 0. The van der Waals surface area contributed by atoms with Gasteiger partial charge in [-0.3, -0.25) is 14.5 Å². The highest BCUT2D eigenvalue weighted by molar-refractivity contribution is 5.94. The molecule has 16 heteroatoms.